The number of nitrogens with zero attached hydrogens (tertiary/aromatic N) is 4. The lowest BCUT2D eigenvalue weighted by molar-refractivity contribution is -0.140. The molecule has 27 heavy (non-hydrogen) atoms. The molecule has 0 spiro atoms. The highest BCUT2D eigenvalue weighted by Gasteiger charge is 2.35. The Kier molecular flexibility index (Phi) is 6.01. The Bertz CT molecular complexity index is 764. The van der Waals surface area contributed by atoms with E-state index < -0.39 is 0 Å². The molecular weight excluding hydrogens is 342 g/mol. The van der Waals surface area contributed by atoms with Crippen molar-refractivity contribution in [1.29, 1.82) is 0 Å². The summed E-state index contributed by atoms with van der Waals surface area (Å²) >= 11 is 0. The lowest BCUT2D eigenvalue weighted by atomic mass is 9.94. The maximum atomic E-state index is 13.0. The lowest BCUT2D eigenvalue weighted by Gasteiger charge is -2.33. The minimum absolute atomic E-state index is 0.0353. The fourth-order valence-corrected chi connectivity index (χ4v) is 3.59. The first-order valence-electron chi connectivity index (χ1n) is 9.20. The minimum Gasteiger partial charge on any atom is -0.405 e. The van der Waals surface area contributed by atoms with Gasteiger partial charge in [0.1, 0.15) is 5.71 Å². The van der Waals surface area contributed by atoms with Crippen LogP contribution in [0.25, 0.3) is 0 Å². The maximum Gasteiger partial charge on any atom is 0.272 e. The molecule has 1 aromatic rings. The average Bonchev–Trinajstić information content (AvgIpc) is 3.21. The van der Waals surface area contributed by atoms with Gasteiger partial charge in [0.15, 0.2) is 0 Å². The third-order valence-corrected chi connectivity index (χ3v) is 5.09. The van der Waals surface area contributed by atoms with E-state index in [-0.39, 0.29) is 23.8 Å². The van der Waals surface area contributed by atoms with Gasteiger partial charge in [-0.15, -0.1) is 0 Å². The Morgan fingerprint density at radius 3 is 2.56 bits per heavy atom. The molecule has 2 N–H and O–H groups in total. The molecule has 0 bridgehead atoms. The maximum absolute atomic E-state index is 13.0. The molecule has 2 aliphatic rings. The van der Waals surface area contributed by atoms with Crippen molar-refractivity contribution in [2.75, 3.05) is 20.1 Å². The van der Waals surface area contributed by atoms with E-state index in [1.807, 2.05) is 30.3 Å². The number of carbonyl (C=O) groups is 2. The molecule has 3 rings (SSSR count). The van der Waals surface area contributed by atoms with Gasteiger partial charge in [-0.05, 0) is 30.7 Å². The number of hydrazone groups is 1. The Labute approximate surface area is 159 Å². The summed E-state index contributed by atoms with van der Waals surface area (Å²) in [5.41, 5.74) is 6.79. The quantitative estimate of drug-likeness (QED) is 0.822. The van der Waals surface area contributed by atoms with Crippen molar-refractivity contribution in [3.05, 3.63) is 48.2 Å². The van der Waals surface area contributed by atoms with Crippen molar-refractivity contribution in [3.8, 4) is 0 Å². The number of hydrogen-bond donors (Lipinski definition) is 1. The van der Waals surface area contributed by atoms with Crippen LogP contribution in [0.3, 0.4) is 0 Å². The van der Waals surface area contributed by atoms with Crippen LogP contribution in [0.15, 0.2) is 52.7 Å². The smallest absolute Gasteiger partial charge is 0.272 e. The lowest BCUT2D eigenvalue weighted by Crippen LogP contribution is -2.45. The van der Waals surface area contributed by atoms with Crippen LogP contribution in [0.5, 0.6) is 0 Å². The van der Waals surface area contributed by atoms with Crippen LogP contribution in [-0.4, -0.2) is 53.8 Å². The normalized spacial score (nSPS) is 21.2. The van der Waals surface area contributed by atoms with Gasteiger partial charge in [-0.1, -0.05) is 30.3 Å². The van der Waals surface area contributed by atoms with Gasteiger partial charge in [0, 0.05) is 38.7 Å². The van der Waals surface area contributed by atoms with Crippen molar-refractivity contribution >= 4 is 23.7 Å². The van der Waals surface area contributed by atoms with Gasteiger partial charge in [-0.3, -0.25) is 14.6 Å². The summed E-state index contributed by atoms with van der Waals surface area (Å²) in [6.07, 6.45) is 6.60. The summed E-state index contributed by atoms with van der Waals surface area (Å²) < 4.78 is 0. The van der Waals surface area contributed by atoms with E-state index in [1.54, 1.807) is 23.2 Å². The topological polar surface area (TPSA) is 91.4 Å². The van der Waals surface area contributed by atoms with E-state index in [4.69, 9.17) is 5.73 Å². The highest BCUT2D eigenvalue weighted by molar-refractivity contribution is 6.43. The molecule has 7 heteroatoms. The van der Waals surface area contributed by atoms with Gasteiger partial charge in [-0.25, -0.2) is 5.01 Å². The Balaban J connectivity index is 1.61. The predicted molar refractivity (Wildman–Crippen MR) is 105 cm³/mol. The fourth-order valence-electron chi connectivity index (χ4n) is 3.59. The molecule has 142 valence electrons. The zero-order valence-corrected chi connectivity index (χ0v) is 15.5. The molecule has 1 saturated heterocycles. The van der Waals surface area contributed by atoms with Gasteiger partial charge >= 0.3 is 0 Å². The second-order valence-corrected chi connectivity index (χ2v) is 6.68. The van der Waals surface area contributed by atoms with E-state index in [0.29, 0.717) is 31.6 Å². The van der Waals surface area contributed by atoms with E-state index in [2.05, 4.69) is 10.1 Å². The summed E-state index contributed by atoms with van der Waals surface area (Å²) in [6.45, 7) is 1.06. The monoisotopic (exact) mass is 367 g/mol. The van der Waals surface area contributed by atoms with Gasteiger partial charge in [-0.2, -0.15) is 5.10 Å². The van der Waals surface area contributed by atoms with Crippen molar-refractivity contribution in [2.45, 2.75) is 25.3 Å². The minimum atomic E-state index is -0.147. The molecular formula is C20H25N5O2. The first-order valence-corrected chi connectivity index (χ1v) is 9.20. The van der Waals surface area contributed by atoms with Crippen molar-refractivity contribution in [1.82, 2.24) is 9.91 Å². The number of nitrogens with two attached hydrogens (primary N) is 1. The van der Waals surface area contributed by atoms with E-state index in [9.17, 15) is 9.59 Å². The number of hydrogen-bond acceptors (Lipinski definition) is 5. The van der Waals surface area contributed by atoms with Crippen molar-refractivity contribution in [3.63, 3.8) is 0 Å². The largest absolute Gasteiger partial charge is 0.405 e. The third kappa shape index (κ3) is 4.07. The highest BCUT2D eigenvalue weighted by Crippen LogP contribution is 2.31. The number of rotatable bonds is 4. The number of carbonyl (C=O) groups excluding carboxylic acids is 2. The van der Waals surface area contributed by atoms with Crippen LogP contribution in [-0.2, 0) is 9.59 Å². The van der Waals surface area contributed by atoms with E-state index in [1.165, 1.54) is 12.3 Å². The number of aliphatic imine (C=N–C) groups is 1. The summed E-state index contributed by atoms with van der Waals surface area (Å²) in [4.78, 5) is 31.2. The zero-order chi connectivity index (χ0) is 19.2. The number of benzene rings is 1. The highest BCUT2D eigenvalue weighted by atomic mass is 16.2. The molecule has 7 nitrogen and oxygen atoms in total. The summed E-state index contributed by atoms with van der Waals surface area (Å²) in [5.74, 6) is -0.232. The van der Waals surface area contributed by atoms with Crippen molar-refractivity contribution in [2.24, 2.45) is 21.7 Å². The molecule has 0 saturated carbocycles. The third-order valence-electron chi connectivity index (χ3n) is 5.09. The first kappa shape index (κ1) is 18.8. The SMILES string of the molecule is CN=C(C=CN)C(=O)N1CCC(C(=O)N2N=CCC2c2ccccc2)CC1. The van der Waals surface area contributed by atoms with Crippen LogP contribution >= 0.6 is 0 Å². The Morgan fingerprint density at radius 1 is 1.22 bits per heavy atom. The van der Waals surface area contributed by atoms with Crippen LogP contribution in [0.4, 0.5) is 0 Å². The molecule has 2 amide bonds. The second kappa shape index (κ2) is 8.62. The Hall–Kier alpha value is -2.96. The molecule has 1 fully saturated rings. The summed E-state index contributed by atoms with van der Waals surface area (Å²) in [6, 6.07) is 9.93. The standard InChI is InChI=1S/C20H25N5O2/c1-22-17(7-11-21)20(27)24-13-9-16(10-14-24)19(26)25-18(8-12-23-25)15-5-3-2-4-6-15/h2-7,11-12,16,18H,8-10,13-14,21H2,1H3. The van der Waals surface area contributed by atoms with Crippen LogP contribution < -0.4 is 5.73 Å². The molecule has 1 aromatic carbocycles. The molecule has 0 radical (unpaired) electrons. The summed E-state index contributed by atoms with van der Waals surface area (Å²) in [7, 11) is 1.57. The number of piperidine rings is 1. The van der Waals surface area contributed by atoms with Crippen LogP contribution in [0, 0.1) is 5.92 Å². The van der Waals surface area contributed by atoms with Gasteiger partial charge in [0.25, 0.3) is 5.91 Å². The molecule has 0 aliphatic carbocycles. The number of likely N-dealkylation sites (tertiary alicyclic amines) is 1. The predicted octanol–water partition coefficient (Wildman–Crippen LogP) is 1.73. The van der Waals surface area contributed by atoms with Gasteiger partial charge < -0.3 is 10.6 Å². The molecule has 0 aromatic heterocycles. The van der Waals surface area contributed by atoms with E-state index in [0.717, 1.165) is 12.0 Å². The molecule has 1 atom stereocenters. The van der Waals surface area contributed by atoms with E-state index >= 15 is 0 Å². The van der Waals surface area contributed by atoms with Crippen LogP contribution in [0.2, 0.25) is 0 Å². The number of amides is 2. The van der Waals surface area contributed by atoms with Crippen LogP contribution in [0.1, 0.15) is 30.9 Å². The van der Waals surface area contributed by atoms with Gasteiger partial charge in [0.05, 0.1) is 6.04 Å². The van der Waals surface area contributed by atoms with Crippen molar-refractivity contribution < 1.29 is 9.59 Å². The average molecular weight is 367 g/mol. The fraction of sp³-hybridized carbons (Fsp3) is 0.400. The summed E-state index contributed by atoms with van der Waals surface area (Å²) in [5, 5.41) is 5.94. The second-order valence-electron chi connectivity index (χ2n) is 6.68. The first-order chi connectivity index (χ1) is 13.2. The molecule has 2 heterocycles. The molecule has 2 aliphatic heterocycles. The van der Waals surface area contributed by atoms with Gasteiger partial charge in [0.2, 0.25) is 5.91 Å². The zero-order valence-electron chi connectivity index (χ0n) is 15.5. The molecule has 1 unspecified atom stereocenters. The Morgan fingerprint density at radius 2 is 1.93 bits per heavy atom.